The van der Waals surface area contributed by atoms with Crippen LogP contribution >= 0.6 is 23.1 Å². The van der Waals surface area contributed by atoms with Gasteiger partial charge >= 0.3 is 0 Å². The molecule has 0 amide bonds. The molecular weight excluding hydrogens is 458 g/mol. The van der Waals surface area contributed by atoms with Crippen molar-refractivity contribution in [3.63, 3.8) is 0 Å². The second-order valence-corrected chi connectivity index (χ2v) is 10.5. The largest absolute Gasteiger partial charge is 0.353 e. The van der Waals surface area contributed by atoms with Crippen LogP contribution in [0.1, 0.15) is 18.4 Å². The van der Waals surface area contributed by atoms with Crippen LogP contribution in [0.4, 0.5) is 0 Å². The van der Waals surface area contributed by atoms with E-state index in [1.54, 1.807) is 11.3 Å². The lowest BCUT2D eigenvalue weighted by Crippen LogP contribution is -1.96. The van der Waals surface area contributed by atoms with Gasteiger partial charge < -0.3 is 4.98 Å². The number of thiazole rings is 1. The van der Waals surface area contributed by atoms with Gasteiger partial charge in [0.25, 0.3) is 0 Å². The summed E-state index contributed by atoms with van der Waals surface area (Å²) >= 11 is 2.84. The van der Waals surface area contributed by atoms with Crippen molar-refractivity contribution in [1.29, 1.82) is 0 Å². The fourth-order valence-electron chi connectivity index (χ4n) is 4.34. The van der Waals surface area contributed by atoms with E-state index in [0.29, 0.717) is 6.42 Å². The number of carbonyl (C=O) groups is 1. The van der Waals surface area contributed by atoms with Gasteiger partial charge in [-0.2, -0.15) is 0 Å². The average molecular weight is 480 g/mol. The summed E-state index contributed by atoms with van der Waals surface area (Å²) in [6.07, 6.45) is 2.09. The van der Waals surface area contributed by atoms with E-state index in [0.717, 1.165) is 55.2 Å². The topological polar surface area (TPSA) is 58.6 Å². The molecule has 6 heteroatoms. The first-order chi connectivity index (χ1) is 16.7. The summed E-state index contributed by atoms with van der Waals surface area (Å²) in [4.78, 5) is 25.8. The minimum atomic E-state index is 0.157. The van der Waals surface area contributed by atoms with Gasteiger partial charge in [0.15, 0.2) is 9.45 Å². The van der Waals surface area contributed by atoms with Crippen molar-refractivity contribution in [2.75, 3.05) is 0 Å². The Morgan fingerprint density at radius 1 is 0.853 bits per heavy atom. The Balaban J connectivity index is 1.23. The number of para-hydroxylation sites is 3. The highest BCUT2D eigenvalue weighted by molar-refractivity contribution is 8.15. The van der Waals surface area contributed by atoms with Crippen molar-refractivity contribution < 1.29 is 4.79 Å². The average Bonchev–Trinajstić information content (AvgIpc) is 3.44. The number of nitrogens with zero attached hydrogens (tertiary/aromatic N) is 2. The summed E-state index contributed by atoms with van der Waals surface area (Å²) in [5.74, 6) is 0. The lowest BCUT2D eigenvalue weighted by atomic mass is 10.0. The Morgan fingerprint density at radius 3 is 2.56 bits per heavy atom. The van der Waals surface area contributed by atoms with E-state index in [2.05, 4.69) is 46.4 Å². The van der Waals surface area contributed by atoms with E-state index >= 15 is 0 Å². The van der Waals surface area contributed by atoms with Crippen molar-refractivity contribution in [2.24, 2.45) is 0 Å². The molecule has 0 aliphatic carbocycles. The molecule has 0 bridgehead atoms. The third-order valence-electron chi connectivity index (χ3n) is 5.95. The summed E-state index contributed by atoms with van der Waals surface area (Å²) in [6, 6.07) is 28.7. The molecule has 0 saturated carbocycles. The summed E-state index contributed by atoms with van der Waals surface area (Å²) in [5.41, 5.74) is 6.22. The van der Waals surface area contributed by atoms with Gasteiger partial charge in [0.2, 0.25) is 0 Å². The number of carbonyl (C=O) groups excluding carboxylic acids is 1. The highest BCUT2D eigenvalue weighted by Gasteiger charge is 2.16. The minimum Gasteiger partial charge on any atom is -0.353 e. The lowest BCUT2D eigenvalue weighted by molar-refractivity contribution is -0.111. The number of aromatic amines is 1. The van der Waals surface area contributed by atoms with Crippen LogP contribution < -0.4 is 0 Å². The zero-order valence-corrected chi connectivity index (χ0v) is 20.0. The number of H-pyrrole nitrogens is 1. The molecule has 0 saturated heterocycles. The monoisotopic (exact) mass is 479 g/mol. The zero-order valence-electron chi connectivity index (χ0n) is 18.3. The van der Waals surface area contributed by atoms with E-state index in [1.807, 2.05) is 48.5 Å². The Labute approximate surface area is 205 Å². The van der Waals surface area contributed by atoms with Crippen LogP contribution in [0.15, 0.2) is 89.3 Å². The van der Waals surface area contributed by atoms with Gasteiger partial charge in [-0.15, -0.1) is 11.3 Å². The Kier molecular flexibility index (Phi) is 5.61. The van der Waals surface area contributed by atoms with Crippen molar-refractivity contribution in [2.45, 2.75) is 23.6 Å². The third-order valence-corrected chi connectivity index (χ3v) is 7.98. The molecule has 6 aromatic rings. The molecular formula is C28H21N3OS2. The Hall–Kier alpha value is -3.48. The number of rotatable bonds is 6. The molecule has 3 aromatic carbocycles. The first-order valence-corrected chi connectivity index (χ1v) is 12.9. The molecule has 0 unspecified atom stereocenters. The molecule has 3 aromatic heterocycles. The van der Waals surface area contributed by atoms with Crippen LogP contribution in [-0.4, -0.2) is 20.1 Å². The molecule has 3 heterocycles. The molecule has 0 atom stereocenters. The predicted molar refractivity (Wildman–Crippen MR) is 142 cm³/mol. The van der Waals surface area contributed by atoms with E-state index in [-0.39, 0.29) is 5.12 Å². The van der Waals surface area contributed by atoms with Crippen LogP contribution in [0.2, 0.25) is 0 Å². The van der Waals surface area contributed by atoms with Gasteiger partial charge in [-0.1, -0.05) is 54.6 Å². The van der Waals surface area contributed by atoms with Crippen LogP contribution in [0.5, 0.6) is 0 Å². The summed E-state index contributed by atoms with van der Waals surface area (Å²) in [6.45, 7) is 0. The first kappa shape index (κ1) is 21.1. The second kappa shape index (κ2) is 9.05. The SMILES string of the molecule is O=C(CCCc1c(-c2ccc3ccccc3n2)[nH]c2ccccc12)Sc1nc2ccccc2s1. The van der Waals surface area contributed by atoms with Gasteiger partial charge in [-0.25, -0.2) is 9.97 Å². The van der Waals surface area contributed by atoms with E-state index in [1.165, 1.54) is 22.7 Å². The quantitative estimate of drug-likeness (QED) is 0.249. The number of fused-ring (bicyclic) bond motifs is 3. The fraction of sp³-hybridized carbons (Fsp3) is 0.107. The molecule has 1 N–H and O–H groups in total. The smallest absolute Gasteiger partial charge is 0.195 e. The Morgan fingerprint density at radius 2 is 1.65 bits per heavy atom. The molecule has 0 spiro atoms. The molecule has 0 fully saturated rings. The minimum absolute atomic E-state index is 0.157. The van der Waals surface area contributed by atoms with Crippen molar-refractivity contribution in [3.8, 4) is 11.4 Å². The normalized spacial score (nSPS) is 11.5. The molecule has 166 valence electrons. The van der Waals surface area contributed by atoms with Crippen LogP contribution in [0.25, 0.3) is 43.4 Å². The maximum absolute atomic E-state index is 12.7. The van der Waals surface area contributed by atoms with E-state index < -0.39 is 0 Å². The summed E-state index contributed by atoms with van der Waals surface area (Å²) in [5, 5.41) is 2.48. The fourth-order valence-corrected chi connectivity index (χ4v) is 6.33. The molecule has 6 rings (SSSR count). The predicted octanol–water partition coefficient (Wildman–Crippen LogP) is 7.63. The molecule has 0 aliphatic heterocycles. The number of thioether (sulfide) groups is 1. The number of hydrogen-bond acceptors (Lipinski definition) is 5. The second-order valence-electron chi connectivity index (χ2n) is 8.19. The van der Waals surface area contributed by atoms with Crippen LogP contribution in [0, 0.1) is 0 Å². The zero-order chi connectivity index (χ0) is 22.9. The van der Waals surface area contributed by atoms with E-state index in [4.69, 9.17) is 4.98 Å². The van der Waals surface area contributed by atoms with Crippen LogP contribution in [0.3, 0.4) is 0 Å². The Bertz CT molecular complexity index is 1620. The maximum Gasteiger partial charge on any atom is 0.195 e. The number of pyridine rings is 1. The standard InChI is InChI=1S/C28H21N3OS2/c32-26(34-28-31-23-13-5-6-14-25(23)33-28)15-7-10-20-19-9-2-4-12-22(19)30-27(20)24-17-16-18-8-1-3-11-21(18)29-24/h1-6,8-9,11-14,16-17,30H,7,10,15H2. The third kappa shape index (κ3) is 4.11. The number of aromatic nitrogens is 3. The van der Waals surface area contributed by atoms with Crippen molar-refractivity contribution in [3.05, 3.63) is 90.5 Å². The highest BCUT2D eigenvalue weighted by atomic mass is 32.2. The van der Waals surface area contributed by atoms with Gasteiger partial charge in [-0.3, -0.25) is 4.79 Å². The van der Waals surface area contributed by atoms with Gasteiger partial charge in [-0.05, 0) is 60.5 Å². The molecule has 4 nitrogen and oxygen atoms in total. The number of benzene rings is 3. The molecule has 34 heavy (non-hydrogen) atoms. The summed E-state index contributed by atoms with van der Waals surface area (Å²) in [7, 11) is 0. The molecule has 0 radical (unpaired) electrons. The van der Waals surface area contributed by atoms with Gasteiger partial charge in [0.1, 0.15) is 0 Å². The highest BCUT2D eigenvalue weighted by Crippen LogP contribution is 2.33. The summed E-state index contributed by atoms with van der Waals surface area (Å²) < 4.78 is 1.93. The number of aryl methyl sites for hydroxylation is 1. The van der Waals surface area contributed by atoms with Gasteiger partial charge in [0, 0.05) is 22.7 Å². The number of nitrogens with one attached hydrogen (secondary N) is 1. The first-order valence-electron chi connectivity index (χ1n) is 11.3. The van der Waals surface area contributed by atoms with Crippen molar-refractivity contribution >= 4 is 60.2 Å². The maximum atomic E-state index is 12.7. The molecule has 0 aliphatic rings. The van der Waals surface area contributed by atoms with Crippen molar-refractivity contribution in [1.82, 2.24) is 15.0 Å². The van der Waals surface area contributed by atoms with Crippen LogP contribution in [-0.2, 0) is 11.2 Å². The van der Waals surface area contributed by atoms with Gasteiger partial charge in [0.05, 0.1) is 27.1 Å². The number of hydrogen-bond donors (Lipinski definition) is 1. The lowest BCUT2D eigenvalue weighted by Gasteiger charge is -2.06. The van der Waals surface area contributed by atoms with E-state index in [9.17, 15) is 4.79 Å².